The fourth-order valence-electron chi connectivity index (χ4n) is 19.1. The van der Waals surface area contributed by atoms with Gasteiger partial charge >= 0.3 is 5.97 Å². The lowest BCUT2D eigenvalue weighted by molar-refractivity contribution is -0.384. The standard InChI is InChI=1S/C64H104O32/c1-24-47(91-52-43(80)35(72)28(71)22-85-52)42(79)46(83)53(86-24)94-50-48(92-54-44(81)38(75)31(20-67)88-54)39(76)32(21-68)90-57(50)96-58(84)64-14-12-59(2,3)16-26(64)25-8-9-34-60(4)17-27(70)51(61(5,23-69)33(60)10-11-63(34,7)62(25,6)13-15-64)95-56-49(41(78)37(74)30(19-66)89-56)93-55-45(82)40(77)36(73)29(18-65)87-55/h8,24,26-57,65-83H,9-23H2,1-7H3/t24-,26+,27+,28+,29-,30-,31+,32+,33-,34+,35+,36+,37+,38-,39-,40+,41-,42+,43+,44-,45+,46+,47+,48+,49+,50+,51+,52-,53+,54+,55-,56-,57+,60-,61+,62+,63+,64+/m1/s1. The summed E-state index contributed by atoms with van der Waals surface area (Å²) in [5.74, 6) is -1.76. The molecule has 96 heavy (non-hydrogen) atoms. The Balaban J connectivity index is 0.873. The van der Waals surface area contributed by atoms with E-state index in [2.05, 4.69) is 40.7 Å². The number of carbonyl (C=O) groups excluding carboxylic acids is 1. The molecule has 38 atom stereocenters. The number of esters is 1. The first-order chi connectivity index (χ1) is 45.1. The molecule has 0 radical (unpaired) electrons. The van der Waals surface area contributed by atoms with Crippen molar-refractivity contribution in [2.24, 2.45) is 50.2 Å². The largest absolute Gasteiger partial charge is 0.432 e. The maximum absolute atomic E-state index is 16.0. The molecule has 0 aromatic heterocycles. The Hall–Kier alpha value is -1.99. The maximum atomic E-state index is 16.0. The minimum absolute atomic E-state index is 0.127. The van der Waals surface area contributed by atoms with Crippen LogP contribution in [0.3, 0.4) is 0 Å². The van der Waals surface area contributed by atoms with Crippen molar-refractivity contribution in [2.75, 3.05) is 39.6 Å². The average molecular weight is 1390 g/mol. The molecule has 32 heteroatoms. The van der Waals surface area contributed by atoms with Gasteiger partial charge in [-0.3, -0.25) is 4.79 Å². The quantitative estimate of drug-likeness (QED) is 0.0366. The van der Waals surface area contributed by atoms with Crippen molar-refractivity contribution in [3.63, 3.8) is 0 Å². The fraction of sp³-hybridized carbons (Fsp3) is 0.953. The number of allylic oxidation sites excluding steroid dienone is 2. The summed E-state index contributed by atoms with van der Waals surface area (Å²) >= 11 is 0. The maximum Gasteiger partial charge on any atom is 0.315 e. The van der Waals surface area contributed by atoms with E-state index in [1.54, 1.807) is 6.92 Å². The van der Waals surface area contributed by atoms with Crippen molar-refractivity contribution in [2.45, 2.75) is 290 Å². The van der Waals surface area contributed by atoms with E-state index in [0.29, 0.717) is 44.9 Å². The molecular formula is C64H104O32. The molecule has 0 unspecified atom stereocenters. The summed E-state index contributed by atoms with van der Waals surface area (Å²) in [7, 11) is 0. The van der Waals surface area contributed by atoms with Gasteiger partial charge in [0.2, 0.25) is 6.29 Å². The van der Waals surface area contributed by atoms with Crippen LogP contribution in [-0.4, -0.2) is 327 Å². The summed E-state index contributed by atoms with van der Waals surface area (Å²) in [4.78, 5) is 16.0. The summed E-state index contributed by atoms with van der Waals surface area (Å²) in [5, 5.41) is 208. The minimum Gasteiger partial charge on any atom is -0.432 e. The van der Waals surface area contributed by atoms with E-state index in [4.69, 9.17) is 56.8 Å². The fourth-order valence-corrected chi connectivity index (χ4v) is 19.1. The second-order valence-electron chi connectivity index (χ2n) is 30.9. The first kappa shape index (κ1) is 75.2. The molecule has 0 amide bonds. The van der Waals surface area contributed by atoms with E-state index < -0.39 is 263 Å². The minimum atomic E-state index is -2.04. The first-order valence-electron chi connectivity index (χ1n) is 33.8. The molecule has 11 aliphatic rings. The second kappa shape index (κ2) is 28.2. The van der Waals surface area contributed by atoms with Crippen molar-refractivity contribution in [3.8, 4) is 0 Å². The van der Waals surface area contributed by atoms with Gasteiger partial charge < -0.3 is 154 Å². The van der Waals surface area contributed by atoms with Crippen LogP contribution in [0.4, 0.5) is 0 Å². The van der Waals surface area contributed by atoms with Crippen LogP contribution < -0.4 is 0 Å². The monoisotopic (exact) mass is 1380 g/mol. The SMILES string of the molecule is C[C@H]1O[C@@H](O[C@@H]2[C@H](OC(=O)[C@]34CCC(C)(C)C[C@H]3C3=CC[C@H]5[C@]6(C)C[C@H](O)[C@H](O[C@H]7O[C@H](CO)[C@H](O)[C@@H](O)[C@@H]7O[C@H]7O[C@H](CO)[C@H](O)[C@H](O)[C@@H]7O)[C@@](C)(CO)[C@@H]6CC[C@]5(C)[C@@]3(C)CC4)O[C@@H](CO)[C@@H](O)[C@@H]2O[C@@H]2O[C@@H](CO)[C@@H](O)[C@H]2O)[C@@H](O)[C@H](O)[C@H]1O[C@H]1OC[C@H](O)[C@H](O)[C@@H]1O. The molecule has 19 N–H and O–H groups in total. The highest BCUT2D eigenvalue weighted by molar-refractivity contribution is 5.79. The molecule has 0 aromatic carbocycles. The van der Waals surface area contributed by atoms with Crippen LogP contribution in [0.15, 0.2) is 11.6 Å². The lowest BCUT2D eigenvalue weighted by Crippen LogP contribution is -2.70. The average Bonchev–Trinajstić information content (AvgIpc) is 0.713. The zero-order chi connectivity index (χ0) is 70.0. The van der Waals surface area contributed by atoms with Gasteiger partial charge in [0.05, 0.1) is 63.4 Å². The predicted molar refractivity (Wildman–Crippen MR) is 317 cm³/mol. The summed E-state index contributed by atoms with van der Waals surface area (Å²) in [6.45, 7) is 9.80. The first-order valence-corrected chi connectivity index (χ1v) is 33.8. The Morgan fingerprint density at radius 2 is 0.979 bits per heavy atom. The number of carbonyl (C=O) groups is 1. The van der Waals surface area contributed by atoms with E-state index in [9.17, 15) is 97.0 Å². The van der Waals surface area contributed by atoms with Crippen molar-refractivity contribution >= 4 is 5.97 Å². The number of aliphatic hydroxyl groups excluding tert-OH is 19. The molecule has 5 aliphatic carbocycles. The molecule has 552 valence electrons. The lowest BCUT2D eigenvalue weighted by Gasteiger charge is -2.72. The number of fused-ring (bicyclic) bond motifs is 7. The van der Waals surface area contributed by atoms with Gasteiger partial charge in [0.25, 0.3) is 0 Å². The lowest BCUT2D eigenvalue weighted by atomic mass is 9.33. The summed E-state index contributed by atoms with van der Waals surface area (Å²) in [5.41, 5.74) is -3.71. The van der Waals surface area contributed by atoms with Gasteiger partial charge in [0.1, 0.15) is 122 Å². The second-order valence-corrected chi connectivity index (χ2v) is 30.9. The van der Waals surface area contributed by atoms with Crippen molar-refractivity contribution in [1.82, 2.24) is 0 Å². The zero-order valence-electron chi connectivity index (χ0n) is 55.0. The Labute approximate surface area is 555 Å². The molecule has 6 saturated heterocycles. The highest BCUT2D eigenvalue weighted by atomic mass is 16.8. The summed E-state index contributed by atoms with van der Waals surface area (Å²) < 4.78 is 72.6. The molecule has 10 fully saturated rings. The number of hydrogen-bond acceptors (Lipinski definition) is 32. The Kier molecular flexibility index (Phi) is 22.1. The molecule has 4 saturated carbocycles. The predicted octanol–water partition coefficient (Wildman–Crippen LogP) is -6.14. The zero-order valence-corrected chi connectivity index (χ0v) is 55.0. The third kappa shape index (κ3) is 12.6. The Morgan fingerprint density at radius 3 is 1.60 bits per heavy atom. The van der Waals surface area contributed by atoms with Crippen LogP contribution in [0.5, 0.6) is 0 Å². The Bertz CT molecular complexity index is 2700. The van der Waals surface area contributed by atoms with Crippen LogP contribution in [0.2, 0.25) is 0 Å². The van der Waals surface area contributed by atoms with Gasteiger partial charge in [-0.25, -0.2) is 0 Å². The van der Waals surface area contributed by atoms with Gasteiger partial charge in [-0.1, -0.05) is 53.2 Å². The highest BCUT2D eigenvalue weighted by Crippen LogP contribution is 2.76. The molecule has 0 aromatic rings. The number of hydrogen-bond donors (Lipinski definition) is 19. The van der Waals surface area contributed by atoms with Gasteiger partial charge in [0.15, 0.2) is 37.6 Å². The third-order valence-electron chi connectivity index (χ3n) is 25.0. The number of rotatable bonds is 17. The van der Waals surface area contributed by atoms with Crippen LogP contribution in [0.1, 0.15) is 106 Å². The summed E-state index contributed by atoms with van der Waals surface area (Å²) in [6, 6.07) is 0. The highest BCUT2D eigenvalue weighted by Gasteiger charge is 2.72. The number of aliphatic hydroxyl groups is 19. The van der Waals surface area contributed by atoms with Crippen LogP contribution >= 0.6 is 0 Å². The third-order valence-corrected chi connectivity index (χ3v) is 25.0. The summed E-state index contributed by atoms with van der Waals surface area (Å²) in [6.07, 6.45) is -44.9. The van der Waals surface area contributed by atoms with Crippen LogP contribution in [0.25, 0.3) is 0 Å². The van der Waals surface area contributed by atoms with E-state index >= 15 is 4.79 Å². The number of ether oxygens (including phenoxy) is 12. The van der Waals surface area contributed by atoms with Crippen LogP contribution in [0, 0.1) is 50.2 Å². The van der Waals surface area contributed by atoms with E-state index in [1.165, 1.54) is 6.92 Å². The van der Waals surface area contributed by atoms with Gasteiger partial charge in [0, 0.05) is 5.41 Å². The molecule has 6 heterocycles. The van der Waals surface area contributed by atoms with Gasteiger partial charge in [-0.05, 0) is 104 Å². The molecular weight excluding hydrogens is 1280 g/mol. The topological polar surface area (TPSA) is 512 Å². The van der Waals surface area contributed by atoms with Gasteiger partial charge in [-0.15, -0.1) is 0 Å². The molecule has 6 aliphatic heterocycles. The molecule has 11 rings (SSSR count). The molecule has 32 nitrogen and oxygen atoms in total. The van der Waals surface area contributed by atoms with Gasteiger partial charge in [-0.2, -0.15) is 0 Å². The van der Waals surface area contributed by atoms with Crippen LogP contribution in [-0.2, 0) is 61.6 Å². The van der Waals surface area contributed by atoms with Crippen molar-refractivity contribution < 1.29 is 159 Å². The molecule has 0 spiro atoms. The van der Waals surface area contributed by atoms with E-state index in [-0.39, 0.29) is 30.1 Å². The van der Waals surface area contributed by atoms with E-state index in [0.717, 1.165) is 5.57 Å². The van der Waals surface area contributed by atoms with Crippen molar-refractivity contribution in [1.29, 1.82) is 0 Å². The smallest absolute Gasteiger partial charge is 0.315 e. The van der Waals surface area contributed by atoms with Crippen molar-refractivity contribution in [3.05, 3.63) is 11.6 Å². The molecule has 0 bridgehead atoms. The normalized spacial score (nSPS) is 55.0. The van der Waals surface area contributed by atoms with E-state index in [1.807, 2.05) is 0 Å². The Morgan fingerprint density at radius 1 is 0.479 bits per heavy atom.